The molecule has 0 aliphatic heterocycles. The molecule has 30 heavy (non-hydrogen) atoms. The summed E-state index contributed by atoms with van der Waals surface area (Å²) in [6.07, 6.45) is 0. The van der Waals surface area contributed by atoms with Crippen LogP contribution >= 0.6 is 11.6 Å². The number of halogens is 1. The summed E-state index contributed by atoms with van der Waals surface area (Å²) in [7, 11) is 0. The van der Waals surface area contributed by atoms with Gasteiger partial charge in [0.25, 0.3) is 5.91 Å². The lowest BCUT2D eigenvalue weighted by molar-refractivity contribution is 0.0992. The maximum atomic E-state index is 12.5. The molecule has 4 aromatic rings. The quantitative estimate of drug-likeness (QED) is 0.438. The molecule has 7 heteroatoms. The number of hydrogen-bond acceptors (Lipinski definition) is 4. The van der Waals surface area contributed by atoms with E-state index in [4.69, 9.17) is 20.8 Å². The van der Waals surface area contributed by atoms with Gasteiger partial charge in [0.2, 0.25) is 0 Å². The minimum atomic E-state index is -0.364. The molecule has 4 rings (SSSR count). The molecule has 2 aromatic heterocycles. The molecule has 0 atom stereocenters. The number of amides is 1. The molecule has 0 aliphatic carbocycles. The predicted octanol–water partition coefficient (Wildman–Crippen LogP) is 5.32. The molecule has 0 saturated heterocycles. The molecule has 2 heterocycles. The molecule has 2 aromatic carbocycles. The van der Waals surface area contributed by atoms with E-state index in [0.29, 0.717) is 28.9 Å². The fraction of sp³-hybridized carbons (Fsp3) is 0.130. The molecular weight excluding hydrogens is 402 g/mol. The van der Waals surface area contributed by atoms with E-state index in [1.165, 1.54) is 0 Å². The van der Waals surface area contributed by atoms with E-state index in [-0.39, 0.29) is 18.3 Å². The van der Waals surface area contributed by atoms with Crippen LogP contribution in [0.3, 0.4) is 0 Å². The van der Waals surface area contributed by atoms with Crippen LogP contribution in [-0.2, 0) is 13.2 Å². The van der Waals surface area contributed by atoms with E-state index in [0.717, 1.165) is 11.3 Å². The molecular formula is C23H20ClN3O3. The van der Waals surface area contributed by atoms with Crippen LogP contribution in [0.25, 0.3) is 0 Å². The number of carbonyl (C=O) groups is 1. The zero-order valence-corrected chi connectivity index (χ0v) is 17.1. The molecule has 0 aliphatic rings. The lowest BCUT2D eigenvalue weighted by Gasteiger charge is -2.04. The Kier molecular flexibility index (Phi) is 5.86. The Bertz CT molecular complexity index is 1130. The second kappa shape index (κ2) is 8.88. The van der Waals surface area contributed by atoms with Crippen LogP contribution < -0.4 is 10.1 Å². The summed E-state index contributed by atoms with van der Waals surface area (Å²) < 4.78 is 13.1. The van der Waals surface area contributed by atoms with Crippen LogP contribution in [0.2, 0.25) is 5.02 Å². The van der Waals surface area contributed by atoms with E-state index < -0.39 is 0 Å². The molecule has 6 nitrogen and oxygen atoms in total. The minimum Gasteiger partial charge on any atom is -0.486 e. The third-order valence-corrected chi connectivity index (χ3v) is 4.73. The van der Waals surface area contributed by atoms with Crippen molar-refractivity contribution in [2.45, 2.75) is 20.1 Å². The molecule has 0 unspecified atom stereocenters. The SMILES string of the molecule is Cc1cc(NC(=O)c2ccc(COc3ccc(Cl)cc3)o2)nn1Cc1ccccc1. The predicted molar refractivity (Wildman–Crippen MR) is 115 cm³/mol. The smallest absolute Gasteiger partial charge is 0.292 e. The van der Waals surface area contributed by atoms with Crippen molar-refractivity contribution >= 4 is 23.3 Å². The van der Waals surface area contributed by atoms with Gasteiger partial charge in [-0.05, 0) is 48.9 Å². The fourth-order valence-corrected chi connectivity index (χ4v) is 3.05. The van der Waals surface area contributed by atoms with Crippen molar-refractivity contribution in [2.75, 3.05) is 5.32 Å². The van der Waals surface area contributed by atoms with Gasteiger partial charge in [0.15, 0.2) is 11.6 Å². The Morgan fingerprint density at radius 3 is 2.63 bits per heavy atom. The van der Waals surface area contributed by atoms with Gasteiger partial charge in [0, 0.05) is 16.8 Å². The Morgan fingerprint density at radius 2 is 1.87 bits per heavy atom. The van der Waals surface area contributed by atoms with Crippen LogP contribution in [-0.4, -0.2) is 15.7 Å². The highest BCUT2D eigenvalue weighted by atomic mass is 35.5. The third kappa shape index (κ3) is 4.90. The first-order valence-electron chi connectivity index (χ1n) is 9.43. The van der Waals surface area contributed by atoms with Crippen LogP contribution in [0.5, 0.6) is 5.75 Å². The first kappa shape index (κ1) is 19.8. The summed E-state index contributed by atoms with van der Waals surface area (Å²) >= 11 is 5.86. The number of nitrogens with one attached hydrogen (secondary N) is 1. The highest BCUT2D eigenvalue weighted by Gasteiger charge is 2.14. The topological polar surface area (TPSA) is 69.3 Å². The normalized spacial score (nSPS) is 10.7. The second-order valence-electron chi connectivity index (χ2n) is 6.78. The van der Waals surface area contributed by atoms with Gasteiger partial charge in [-0.15, -0.1) is 0 Å². The second-order valence-corrected chi connectivity index (χ2v) is 7.21. The van der Waals surface area contributed by atoms with Gasteiger partial charge in [-0.3, -0.25) is 9.48 Å². The van der Waals surface area contributed by atoms with Gasteiger partial charge in [-0.25, -0.2) is 0 Å². The molecule has 0 bridgehead atoms. The van der Waals surface area contributed by atoms with Crippen LogP contribution in [0.15, 0.2) is 77.2 Å². The maximum Gasteiger partial charge on any atom is 0.292 e. The van der Waals surface area contributed by atoms with Crippen LogP contribution in [0, 0.1) is 6.92 Å². The Labute approximate surface area is 179 Å². The lowest BCUT2D eigenvalue weighted by Crippen LogP contribution is -2.12. The third-order valence-electron chi connectivity index (χ3n) is 4.48. The number of benzene rings is 2. The minimum absolute atomic E-state index is 0.194. The molecule has 0 radical (unpaired) electrons. The molecule has 0 fully saturated rings. The van der Waals surface area contributed by atoms with Crippen molar-refractivity contribution in [3.8, 4) is 5.75 Å². The van der Waals surface area contributed by atoms with E-state index >= 15 is 0 Å². The van der Waals surface area contributed by atoms with Gasteiger partial charge in [-0.2, -0.15) is 5.10 Å². The van der Waals surface area contributed by atoms with Gasteiger partial charge >= 0.3 is 0 Å². The van der Waals surface area contributed by atoms with Gasteiger partial charge in [-0.1, -0.05) is 41.9 Å². The standard InChI is InChI=1S/C23H20ClN3O3/c1-16-13-22(26-27(16)14-17-5-3-2-4-6-17)25-23(28)21-12-11-20(30-21)15-29-19-9-7-18(24)8-10-19/h2-13H,14-15H2,1H3,(H,25,26,28). The number of ether oxygens (including phenoxy) is 1. The lowest BCUT2D eigenvalue weighted by atomic mass is 10.2. The molecule has 1 N–H and O–H groups in total. The van der Waals surface area contributed by atoms with Gasteiger partial charge < -0.3 is 14.5 Å². The number of carbonyl (C=O) groups excluding carboxylic acids is 1. The van der Waals surface area contributed by atoms with E-state index in [9.17, 15) is 4.79 Å². The highest BCUT2D eigenvalue weighted by Crippen LogP contribution is 2.18. The van der Waals surface area contributed by atoms with E-state index in [1.807, 2.05) is 48.0 Å². The number of furan rings is 1. The molecule has 0 spiro atoms. The number of aromatic nitrogens is 2. The largest absolute Gasteiger partial charge is 0.486 e. The Morgan fingerprint density at radius 1 is 1.10 bits per heavy atom. The van der Waals surface area contributed by atoms with Gasteiger partial charge in [0.1, 0.15) is 18.1 Å². The summed E-state index contributed by atoms with van der Waals surface area (Å²) in [6, 6.07) is 22.2. The van der Waals surface area contributed by atoms with E-state index in [1.54, 1.807) is 36.4 Å². The van der Waals surface area contributed by atoms with Crippen LogP contribution in [0.4, 0.5) is 5.82 Å². The van der Waals surface area contributed by atoms with Crippen molar-refractivity contribution < 1.29 is 13.9 Å². The fourth-order valence-electron chi connectivity index (χ4n) is 2.93. The van der Waals surface area contributed by atoms with Gasteiger partial charge in [0.05, 0.1) is 6.54 Å². The summed E-state index contributed by atoms with van der Waals surface area (Å²) in [5, 5.41) is 7.89. The Balaban J connectivity index is 1.36. The zero-order valence-electron chi connectivity index (χ0n) is 16.3. The summed E-state index contributed by atoms with van der Waals surface area (Å²) in [5.41, 5.74) is 2.09. The van der Waals surface area contributed by atoms with Crippen molar-refractivity contribution in [1.82, 2.24) is 9.78 Å². The number of nitrogens with zero attached hydrogens (tertiary/aromatic N) is 2. The highest BCUT2D eigenvalue weighted by molar-refractivity contribution is 6.30. The monoisotopic (exact) mass is 421 g/mol. The summed E-state index contributed by atoms with van der Waals surface area (Å²) in [5.74, 6) is 1.52. The van der Waals surface area contributed by atoms with Crippen molar-refractivity contribution in [3.63, 3.8) is 0 Å². The summed E-state index contributed by atoms with van der Waals surface area (Å²) in [4.78, 5) is 12.5. The average molecular weight is 422 g/mol. The maximum absolute atomic E-state index is 12.5. The molecule has 152 valence electrons. The average Bonchev–Trinajstić information content (AvgIpc) is 3.35. The molecule has 1 amide bonds. The number of aryl methyl sites for hydroxylation is 1. The van der Waals surface area contributed by atoms with Crippen LogP contribution in [0.1, 0.15) is 27.6 Å². The number of anilines is 1. The van der Waals surface area contributed by atoms with E-state index in [2.05, 4.69) is 10.4 Å². The van der Waals surface area contributed by atoms with Crippen molar-refractivity contribution in [2.24, 2.45) is 0 Å². The first-order chi connectivity index (χ1) is 14.6. The van der Waals surface area contributed by atoms with Crippen molar-refractivity contribution in [3.05, 3.63) is 101 Å². The zero-order chi connectivity index (χ0) is 20.9. The Hall–Kier alpha value is -3.51. The summed E-state index contributed by atoms with van der Waals surface area (Å²) in [6.45, 7) is 2.79. The number of hydrogen-bond donors (Lipinski definition) is 1. The van der Waals surface area contributed by atoms with Crippen molar-refractivity contribution in [1.29, 1.82) is 0 Å². The first-order valence-corrected chi connectivity index (χ1v) is 9.81. The number of rotatable bonds is 7. The molecule has 0 saturated carbocycles.